The van der Waals surface area contributed by atoms with Gasteiger partial charge in [0.25, 0.3) is 0 Å². The first kappa shape index (κ1) is 10.4. The highest BCUT2D eigenvalue weighted by molar-refractivity contribution is 5.41. The van der Waals surface area contributed by atoms with Crippen LogP contribution in [-0.4, -0.2) is 5.11 Å². The Balaban J connectivity index is 2.24. The number of phenolic OH excluding ortho intramolecular Hbond substituents is 1. The highest BCUT2D eigenvalue weighted by Crippen LogP contribution is 2.39. The summed E-state index contributed by atoms with van der Waals surface area (Å²) in [5, 5.41) is 9.78. The second-order valence-electron chi connectivity index (χ2n) is 4.45. The van der Waals surface area contributed by atoms with Gasteiger partial charge in [-0.3, -0.25) is 0 Å². The fourth-order valence-corrected chi connectivity index (χ4v) is 1.88. The van der Waals surface area contributed by atoms with Crippen molar-refractivity contribution in [1.82, 2.24) is 0 Å². The van der Waals surface area contributed by atoms with E-state index in [9.17, 15) is 9.50 Å². The van der Waals surface area contributed by atoms with E-state index < -0.39 is 0 Å². The molecule has 1 aromatic carbocycles. The predicted octanol–water partition coefficient (Wildman–Crippen LogP) is 2.64. The third-order valence-corrected chi connectivity index (χ3v) is 2.98. The van der Waals surface area contributed by atoms with E-state index in [1.807, 2.05) is 0 Å². The Hall–Kier alpha value is -1.09. The maximum absolute atomic E-state index is 13.2. The molecule has 0 heterocycles. The number of rotatable bonds is 3. The first-order valence-electron chi connectivity index (χ1n) is 5.32. The number of aromatic hydroxyl groups is 1. The molecule has 0 radical (unpaired) electrons. The van der Waals surface area contributed by atoms with Crippen molar-refractivity contribution in [3.05, 3.63) is 29.1 Å². The van der Waals surface area contributed by atoms with Gasteiger partial charge in [0, 0.05) is 11.6 Å². The van der Waals surface area contributed by atoms with Crippen LogP contribution >= 0.6 is 0 Å². The first-order chi connectivity index (χ1) is 7.08. The van der Waals surface area contributed by atoms with Crippen LogP contribution in [0.1, 0.15) is 36.4 Å². The lowest BCUT2D eigenvalue weighted by molar-refractivity contribution is 0.448. The molecule has 1 aliphatic carbocycles. The monoisotopic (exact) mass is 209 g/mol. The van der Waals surface area contributed by atoms with E-state index in [1.54, 1.807) is 6.92 Å². The van der Waals surface area contributed by atoms with Crippen LogP contribution in [0.4, 0.5) is 4.39 Å². The fourth-order valence-electron chi connectivity index (χ4n) is 1.88. The standard InChI is InChI=1S/C12H16FNO/c1-7-4-9(13)6-10(12(7)15)11(14)5-8-2-3-8/h4,6,8,11,15H,2-3,5,14H2,1H3/t11-/m0/s1. The Morgan fingerprint density at radius 3 is 2.80 bits per heavy atom. The number of hydrogen-bond donors (Lipinski definition) is 2. The molecule has 3 heteroatoms. The summed E-state index contributed by atoms with van der Waals surface area (Å²) in [5.41, 5.74) is 7.04. The van der Waals surface area contributed by atoms with Crippen molar-refractivity contribution < 1.29 is 9.50 Å². The zero-order valence-electron chi connectivity index (χ0n) is 8.83. The van der Waals surface area contributed by atoms with E-state index in [1.165, 1.54) is 25.0 Å². The van der Waals surface area contributed by atoms with Crippen LogP contribution in [0.2, 0.25) is 0 Å². The van der Waals surface area contributed by atoms with Crippen molar-refractivity contribution in [2.24, 2.45) is 11.7 Å². The van der Waals surface area contributed by atoms with Gasteiger partial charge in [-0.15, -0.1) is 0 Å². The average molecular weight is 209 g/mol. The van der Waals surface area contributed by atoms with Crippen LogP contribution in [-0.2, 0) is 0 Å². The lowest BCUT2D eigenvalue weighted by Crippen LogP contribution is -2.12. The predicted molar refractivity (Wildman–Crippen MR) is 57.1 cm³/mol. The Morgan fingerprint density at radius 2 is 2.20 bits per heavy atom. The van der Waals surface area contributed by atoms with Crippen LogP contribution in [0, 0.1) is 18.7 Å². The summed E-state index contributed by atoms with van der Waals surface area (Å²) in [7, 11) is 0. The third-order valence-electron chi connectivity index (χ3n) is 2.98. The maximum Gasteiger partial charge on any atom is 0.124 e. The summed E-state index contributed by atoms with van der Waals surface area (Å²) < 4.78 is 13.2. The van der Waals surface area contributed by atoms with Gasteiger partial charge in [0.15, 0.2) is 0 Å². The molecule has 15 heavy (non-hydrogen) atoms. The van der Waals surface area contributed by atoms with E-state index >= 15 is 0 Å². The number of nitrogens with two attached hydrogens (primary N) is 1. The largest absolute Gasteiger partial charge is 0.507 e. The molecule has 2 nitrogen and oxygen atoms in total. The molecular formula is C12H16FNO. The highest BCUT2D eigenvalue weighted by Gasteiger charge is 2.26. The average Bonchev–Trinajstić information content (AvgIpc) is 2.94. The molecule has 0 spiro atoms. The molecular weight excluding hydrogens is 193 g/mol. The second kappa shape index (κ2) is 3.81. The van der Waals surface area contributed by atoms with Gasteiger partial charge < -0.3 is 10.8 Å². The first-order valence-corrected chi connectivity index (χ1v) is 5.32. The van der Waals surface area contributed by atoms with E-state index in [0.717, 1.165) is 6.42 Å². The molecule has 2 rings (SSSR count). The van der Waals surface area contributed by atoms with E-state index in [0.29, 0.717) is 17.0 Å². The van der Waals surface area contributed by atoms with Crippen LogP contribution < -0.4 is 5.73 Å². The zero-order chi connectivity index (χ0) is 11.0. The molecule has 82 valence electrons. The number of phenols is 1. The van der Waals surface area contributed by atoms with Crippen LogP contribution in [0.5, 0.6) is 5.75 Å². The Kier molecular flexibility index (Phi) is 2.65. The van der Waals surface area contributed by atoms with Gasteiger partial charge >= 0.3 is 0 Å². The molecule has 0 bridgehead atoms. The van der Waals surface area contributed by atoms with Gasteiger partial charge in [-0.1, -0.05) is 12.8 Å². The van der Waals surface area contributed by atoms with Crippen molar-refractivity contribution in [3.63, 3.8) is 0 Å². The molecule has 1 atom stereocenters. The minimum atomic E-state index is -0.327. The summed E-state index contributed by atoms with van der Waals surface area (Å²) >= 11 is 0. The third kappa shape index (κ3) is 2.29. The lowest BCUT2D eigenvalue weighted by Gasteiger charge is -2.14. The van der Waals surface area contributed by atoms with Crippen molar-refractivity contribution >= 4 is 0 Å². The second-order valence-corrected chi connectivity index (χ2v) is 4.45. The fraction of sp³-hybridized carbons (Fsp3) is 0.500. The van der Waals surface area contributed by atoms with Gasteiger partial charge in [0.2, 0.25) is 0 Å². The maximum atomic E-state index is 13.2. The van der Waals surface area contributed by atoms with Crippen LogP contribution in [0.25, 0.3) is 0 Å². The number of aryl methyl sites for hydroxylation is 1. The van der Waals surface area contributed by atoms with Gasteiger partial charge in [0.1, 0.15) is 11.6 Å². The van der Waals surface area contributed by atoms with Crippen LogP contribution in [0.15, 0.2) is 12.1 Å². The molecule has 0 aromatic heterocycles. The molecule has 1 saturated carbocycles. The molecule has 0 saturated heterocycles. The van der Waals surface area contributed by atoms with Crippen molar-refractivity contribution in [1.29, 1.82) is 0 Å². The smallest absolute Gasteiger partial charge is 0.124 e. The SMILES string of the molecule is Cc1cc(F)cc([C@@H](N)CC2CC2)c1O. The van der Waals surface area contributed by atoms with Crippen molar-refractivity contribution in [3.8, 4) is 5.75 Å². The Labute approximate surface area is 88.9 Å². The summed E-state index contributed by atoms with van der Waals surface area (Å²) in [4.78, 5) is 0. The van der Waals surface area contributed by atoms with Gasteiger partial charge in [0.05, 0.1) is 0 Å². The Morgan fingerprint density at radius 1 is 1.53 bits per heavy atom. The zero-order valence-corrected chi connectivity index (χ0v) is 8.83. The van der Waals surface area contributed by atoms with E-state index in [-0.39, 0.29) is 17.6 Å². The minimum Gasteiger partial charge on any atom is -0.507 e. The summed E-state index contributed by atoms with van der Waals surface area (Å²) in [6, 6.07) is 2.42. The highest BCUT2D eigenvalue weighted by atomic mass is 19.1. The molecule has 0 unspecified atom stereocenters. The van der Waals surface area contributed by atoms with Gasteiger partial charge in [-0.25, -0.2) is 4.39 Å². The van der Waals surface area contributed by atoms with Gasteiger partial charge in [-0.2, -0.15) is 0 Å². The van der Waals surface area contributed by atoms with E-state index in [2.05, 4.69) is 0 Å². The lowest BCUT2D eigenvalue weighted by atomic mass is 9.99. The quantitative estimate of drug-likeness (QED) is 0.803. The molecule has 0 aliphatic heterocycles. The van der Waals surface area contributed by atoms with Crippen molar-refractivity contribution in [2.75, 3.05) is 0 Å². The summed E-state index contributed by atoms with van der Waals surface area (Å²) in [6.07, 6.45) is 3.27. The number of halogens is 1. The van der Waals surface area contributed by atoms with E-state index in [4.69, 9.17) is 5.73 Å². The molecule has 0 amide bonds. The minimum absolute atomic E-state index is 0.143. The number of benzene rings is 1. The Bertz CT molecular complexity index is 374. The van der Waals surface area contributed by atoms with Crippen LogP contribution in [0.3, 0.4) is 0 Å². The molecule has 1 aromatic rings. The summed E-state index contributed by atoms with van der Waals surface area (Å²) in [6.45, 7) is 1.69. The van der Waals surface area contributed by atoms with Crippen molar-refractivity contribution in [2.45, 2.75) is 32.2 Å². The molecule has 1 aliphatic rings. The molecule has 1 fully saturated rings. The normalized spacial score (nSPS) is 17.8. The number of hydrogen-bond acceptors (Lipinski definition) is 2. The summed E-state index contributed by atoms with van der Waals surface area (Å²) in [5.74, 6) is 0.485. The topological polar surface area (TPSA) is 46.2 Å². The molecule has 3 N–H and O–H groups in total. The van der Waals surface area contributed by atoms with Gasteiger partial charge in [-0.05, 0) is 37.0 Å².